The molecule has 0 radical (unpaired) electrons. The van der Waals surface area contributed by atoms with E-state index in [1.807, 2.05) is 19.4 Å². The maximum absolute atomic E-state index is 6.65. The van der Waals surface area contributed by atoms with E-state index in [-0.39, 0.29) is 0 Å². The molecule has 29 heavy (non-hydrogen) atoms. The molecule has 1 atom stereocenters. The lowest BCUT2D eigenvalue weighted by molar-refractivity contribution is 0.236. The number of aromatic nitrogens is 2. The molecule has 2 aromatic rings. The lowest BCUT2D eigenvalue weighted by Gasteiger charge is -2.37. The highest BCUT2D eigenvalue weighted by Crippen LogP contribution is 2.30. The van der Waals surface area contributed by atoms with Crippen molar-refractivity contribution in [2.45, 2.75) is 24.7 Å². The summed E-state index contributed by atoms with van der Waals surface area (Å²) in [4.78, 5) is 6.96. The average Bonchev–Trinajstić information content (AvgIpc) is 3.09. The van der Waals surface area contributed by atoms with Crippen molar-refractivity contribution < 1.29 is 0 Å². The van der Waals surface area contributed by atoms with Crippen LogP contribution < -0.4 is 16.4 Å². The van der Waals surface area contributed by atoms with Gasteiger partial charge in [0.2, 0.25) is 5.79 Å². The molecule has 3 heterocycles. The number of allylic oxidation sites excluding steroid dienone is 1. The Balaban J connectivity index is 1.68. The molecule has 2 aliphatic heterocycles. The second kappa shape index (κ2) is 7.99. The third-order valence-corrected chi connectivity index (χ3v) is 5.80. The predicted molar refractivity (Wildman–Crippen MR) is 118 cm³/mol. The Labute approximate surface area is 180 Å². The van der Waals surface area contributed by atoms with Crippen LogP contribution in [-0.2, 0) is 12.8 Å². The average molecular weight is 434 g/mol. The Hall–Kier alpha value is -2.06. The Kier molecular flexibility index (Phi) is 5.57. The minimum absolute atomic E-state index is 0.346. The molecule has 9 heteroatoms. The molecule has 2 aliphatic rings. The van der Waals surface area contributed by atoms with Crippen LogP contribution in [0.5, 0.6) is 0 Å². The largest absolute Gasteiger partial charge is 0.368 e. The van der Waals surface area contributed by atoms with Gasteiger partial charge in [-0.3, -0.25) is 10.4 Å². The Morgan fingerprint density at radius 2 is 1.86 bits per heavy atom. The highest BCUT2D eigenvalue weighted by molar-refractivity contribution is 6.34. The number of nitrogens with two attached hydrogens (primary N) is 1. The normalized spacial score (nSPS) is 23.3. The van der Waals surface area contributed by atoms with Gasteiger partial charge < -0.3 is 15.5 Å². The maximum atomic E-state index is 6.65. The summed E-state index contributed by atoms with van der Waals surface area (Å²) < 4.78 is 1.77. The fourth-order valence-corrected chi connectivity index (χ4v) is 4.22. The predicted octanol–water partition coefficient (Wildman–Crippen LogP) is 2.52. The number of hydrogen-bond acceptors (Lipinski definition) is 6. The number of halogens is 2. The van der Waals surface area contributed by atoms with Crippen molar-refractivity contribution in [1.29, 1.82) is 0 Å². The molecular weight excluding hydrogens is 409 g/mol. The second-order valence-electron chi connectivity index (χ2n) is 7.72. The van der Waals surface area contributed by atoms with Gasteiger partial charge in [-0.1, -0.05) is 23.2 Å². The van der Waals surface area contributed by atoms with Crippen LogP contribution >= 0.6 is 23.2 Å². The summed E-state index contributed by atoms with van der Waals surface area (Å²) in [5, 5.41) is 12.4. The summed E-state index contributed by atoms with van der Waals surface area (Å²) in [6, 6.07) is 5.58. The van der Waals surface area contributed by atoms with Gasteiger partial charge in [0, 0.05) is 52.2 Å². The second-order valence-corrected chi connectivity index (χ2v) is 8.59. The number of nitrogens with zero attached hydrogens (tertiary/aromatic N) is 4. The van der Waals surface area contributed by atoms with E-state index in [1.54, 1.807) is 29.1 Å². The molecule has 0 bridgehead atoms. The number of benzene rings is 1. The van der Waals surface area contributed by atoms with Gasteiger partial charge in [-0.05, 0) is 51.2 Å². The molecule has 1 unspecified atom stereocenters. The minimum atomic E-state index is -1.17. The first-order valence-corrected chi connectivity index (χ1v) is 10.4. The molecule has 0 amide bonds. The van der Waals surface area contributed by atoms with Gasteiger partial charge in [-0.25, -0.2) is 4.99 Å². The number of aliphatic imine (C=N–C) groups is 1. The van der Waals surface area contributed by atoms with E-state index in [0.717, 1.165) is 42.9 Å². The van der Waals surface area contributed by atoms with Crippen molar-refractivity contribution in [3.05, 3.63) is 57.6 Å². The molecule has 4 rings (SSSR count). The van der Waals surface area contributed by atoms with Crippen LogP contribution in [0.15, 0.2) is 41.4 Å². The van der Waals surface area contributed by atoms with Gasteiger partial charge in [-0.2, -0.15) is 5.10 Å². The molecule has 1 fully saturated rings. The zero-order chi connectivity index (χ0) is 20.6. The zero-order valence-electron chi connectivity index (χ0n) is 16.5. The maximum Gasteiger partial charge on any atom is 0.210 e. The standard InChI is InChI=1S/C20H25Cl2N7/c1-28-5-3-17(4-6-28)26-19-18(13-10-25-29(2)12-13)11-24-20(23,27-19)14-7-15(21)9-16(22)8-14/h7-12,17,26-27H,3-6,23H2,1-2H3. The summed E-state index contributed by atoms with van der Waals surface area (Å²) in [5.41, 5.74) is 9.23. The molecule has 154 valence electrons. The molecule has 1 aromatic heterocycles. The van der Waals surface area contributed by atoms with E-state index in [4.69, 9.17) is 28.9 Å². The number of aryl methyl sites for hydroxylation is 1. The first kappa shape index (κ1) is 20.2. The van der Waals surface area contributed by atoms with Crippen molar-refractivity contribution in [3.8, 4) is 0 Å². The molecule has 4 N–H and O–H groups in total. The van der Waals surface area contributed by atoms with Crippen LogP contribution in [0, 0.1) is 0 Å². The molecule has 0 aliphatic carbocycles. The Morgan fingerprint density at radius 3 is 2.48 bits per heavy atom. The monoisotopic (exact) mass is 433 g/mol. The third-order valence-electron chi connectivity index (χ3n) is 5.37. The first-order valence-electron chi connectivity index (χ1n) is 9.59. The van der Waals surface area contributed by atoms with E-state index < -0.39 is 5.79 Å². The summed E-state index contributed by atoms with van der Waals surface area (Å²) in [5.74, 6) is -0.338. The molecule has 0 spiro atoms. The van der Waals surface area contributed by atoms with Crippen LogP contribution in [0.2, 0.25) is 10.0 Å². The summed E-state index contributed by atoms with van der Waals surface area (Å²) >= 11 is 12.4. The zero-order valence-corrected chi connectivity index (χ0v) is 18.0. The van der Waals surface area contributed by atoms with E-state index >= 15 is 0 Å². The highest BCUT2D eigenvalue weighted by atomic mass is 35.5. The van der Waals surface area contributed by atoms with Crippen molar-refractivity contribution in [2.24, 2.45) is 17.8 Å². The SMILES string of the molecule is CN1CCC(NC2=C(c3cnn(C)c3)C=NC(N)(c3cc(Cl)cc(Cl)c3)N2)CC1. The highest BCUT2D eigenvalue weighted by Gasteiger charge is 2.33. The molecule has 0 saturated carbocycles. The van der Waals surface area contributed by atoms with Gasteiger partial charge in [0.25, 0.3) is 0 Å². The van der Waals surface area contributed by atoms with Crippen LogP contribution in [0.1, 0.15) is 24.0 Å². The van der Waals surface area contributed by atoms with Gasteiger partial charge in [0.15, 0.2) is 0 Å². The Morgan fingerprint density at radius 1 is 1.17 bits per heavy atom. The van der Waals surface area contributed by atoms with Crippen molar-refractivity contribution in [2.75, 3.05) is 20.1 Å². The summed E-state index contributed by atoms with van der Waals surface area (Å²) in [6.07, 6.45) is 7.68. The number of rotatable bonds is 4. The fraction of sp³-hybridized carbons (Fsp3) is 0.400. The lowest BCUT2D eigenvalue weighted by Crippen LogP contribution is -2.55. The fourth-order valence-electron chi connectivity index (χ4n) is 3.69. The van der Waals surface area contributed by atoms with Crippen molar-refractivity contribution in [1.82, 2.24) is 25.3 Å². The molecule has 7 nitrogen and oxygen atoms in total. The van der Waals surface area contributed by atoms with Gasteiger partial charge in [0.1, 0.15) is 5.82 Å². The lowest BCUT2D eigenvalue weighted by atomic mass is 10.0. The van der Waals surface area contributed by atoms with Gasteiger partial charge in [0.05, 0.1) is 6.20 Å². The topological polar surface area (TPSA) is 83.5 Å². The molecule has 1 saturated heterocycles. The van der Waals surface area contributed by atoms with E-state index in [0.29, 0.717) is 21.7 Å². The number of likely N-dealkylation sites (tertiary alicyclic amines) is 1. The minimum Gasteiger partial charge on any atom is -0.368 e. The Bertz CT molecular complexity index is 939. The van der Waals surface area contributed by atoms with E-state index in [9.17, 15) is 0 Å². The van der Waals surface area contributed by atoms with Crippen LogP contribution in [0.25, 0.3) is 5.57 Å². The third kappa shape index (κ3) is 4.43. The van der Waals surface area contributed by atoms with E-state index in [2.05, 4.69) is 32.7 Å². The van der Waals surface area contributed by atoms with Crippen LogP contribution in [0.4, 0.5) is 0 Å². The smallest absolute Gasteiger partial charge is 0.210 e. The van der Waals surface area contributed by atoms with Crippen LogP contribution in [0.3, 0.4) is 0 Å². The molecule has 1 aromatic carbocycles. The first-order chi connectivity index (χ1) is 13.8. The number of nitrogens with one attached hydrogen (secondary N) is 2. The summed E-state index contributed by atoms with van der Waals surface area (Å²) in [6.45, 7) is 2.11. The van der Waals surface area contributed by atoms with Crippen molar-refractivity contribution >= 4 is 35.0 Å². The quantitative estimate of drug-likeness (QED) is 0.689. The summed E-state index contributed by atoms with van der Waals surface area (Å²) in [7, 11) is 4.04. The van der Waals surface area contributed by atoms with Crippen molar-refractivity contribution in [3.63, 3.8) is 0 Å². The molecular formula is C20H25Cl2N7. The van der Waals surface area contributed by atoms with Gasteiger partial charge >= 0.3 is 0 Å². The number of piperidine rings is 1. The van der Waals surface area contributed by atoms with Crippen LogP contribution in [-0.4, -0.2) is 47.1 Å². The van der Waals surface area contributed by atoms with E-state index in [1.165, 1.54) is 0 Å². The van der Waals surface area contributed by atoms with Gasteiger partial charge in [-0.15, -0.1) is 0 Å². The number of hydrogen-bond donors (Lipinski definition) is 3.